The average Bonchev–Trinajstić information content (AvgIpc) is 2.61. The largest absolute Gasteiger partial charge is 0.303 e. The first-order valence-electron chi connectivity index (χ1n) is 8.66. The van der Waals surface area contributed by atoms with Crippen LogP contribution in [-0.4, -0.2) is 49.6 Å². The Hall–Kier alpha value is -2.62. The minimum Gasteiger partial charge on any atom is -0.303 e. The lowest BCUT2D eigenvalue weighted by molar-refractivity contribution is 0.435. The molecule has 0 N–H and O–H groups in total. The van der Waals surface area contributed by atoms with Crippen LogP contribution in [0.25, 0.3) is 0 Å². The predicted octanol–water partition coefficient (Wildman–Crippen LogP) is 4.09. The van der Waals surface area contributed by atoms with Crippen molar-refractivity contribution in [2.24, 2.45) is 10.2 Å². The Bertz CT molecular complexity index is 627. The maximum atomic E-state index is 4.68. The molecule has 0 fully saturated rings. The second-order valence-corrected chi connectivity index (χ2v) is 6.37. The fraction of sp³-hybridized carbons (Fsp3) is 0.333. The number of hydrogen-bond acceptors (Lipinski definition) is 4. The molecule has 0 unspecified atom stereocenters. The van der Waals surface area contributed by atoms with E-state index in [0.717, 1.165) is 30.7 Å². The van der Waals surface area contributed by atoms with Crippen LogP contribution in [0.15, 0.2) is 70.9 Å². The highest BCUT2D eigenvalue weighted by molar-refractivity contribution is 6.02. The summed E-state index contributed by atoms with van der Waals surface area (Å²) >= 11 is 0. The summed E-state index contributed by atoms with van der Waals surface area (Å²) in [5.41, 5.74) is 4.59. The van der Waals surface area contributed by atoms with Crippen molar-refractivity contribution in [2.75, 3.05) is 28.2 Å². The molecule has 0 heterocycles. The van der Waals surface area contributed by atoms with Gasteiger partial charge < -0.3 is 10.0 Å². The summed E-state index contributed by atoms with van der Waals surface area (Å²) < 4.78 is 0. The third-order valence-electron chi connectivity index (χ3n) is 3.68. The molecule has 0 atom stereocenters. The van der Waals surface area contributed by atoms with E-state index in [1.54, 1.807) is 0 Å². The highest BCUT2D eigenvalue weighted by Gasteiger charge is 2.08. The van der Waals surface area contributed by atoms with Crippen LogP contribution in [-0.2, 0) is 0 Å². The maximum Gasteiger partial charge on any atom is 0.0677 e. The fourth-order valence-electron chi connectivity index (χ4n) is 2.67. The van der Waals surface area contributed by atoms with Gasteiger partial charge in [0.2, 0.25) is 0 Å². The fourth-order valence-corrected chi connectivity index (χ4v) is 2.67. The molecule has 0 aromatic heterocycles. The van der Waals surface area contributed by atoms with Gasteiger partial charge >= 0.3 is 0 Å². The summed E-state index contributed by atoms with van der Waals surface area (Å²) in [6.45, 7) is 0. The molecule has 0 aliphatic heterocycles. The van der Waals surface area contributed by atoms with E-state index in [2.05, 4.69) is 58.7 Å². The van der Waals surface area contributed by atoms with Crippen LogP contribution in [0.5, 0.6) is 0 Å². The standard InChI is InChI=1S/C21H28N4/c1-24(2)22-20(18-12-7-5-8-13-18)16-11-17-21(23-25(3)4)19-14-9-6-10-15-19/h5-10,12-15H,11,16-17H2,1-4H3/b22-20+,23-21+. The molecule has 132 valence electrons. The van der Waals surface area contributed by atoms with Crippen molar-refractivity contribution < 1.29 is 0 Å². The van der Waals surface area contributed by atoms with E-state index in [4.69, 9.17) is 0 Å². The molecule has 0 bridgehead atoms. The first kappa shape index (κ1) is 18.7. The van der Waals surface area contributed by atoms with Gasteiger partial charge in [-0.2, -0.15) is 10.2 Å². The Labute approximate surface area is 151 Å². The molecule has 0 aliphatic rings. The van der Waals surface area contributed by atoms with E-state index < -0.39 is 0 Å². The van der Waals surface area contributed by atoms with Crippen molar-refractivity contribution in [3.63, 3.8) is 0 Å². The van der Waals surface area contributed by atoms with Crippen molar-refractivity contribution in [1.29, 1.82) is 0 Å². The summed E-state index contributed by atoms with van der Waals surface area (Å²) in [5.74, 6) is 0. The SMILES string of the molecule is CN(C)/N=C(\CCC/C(=N\N(C)C)c1ccccc1)c1ccccc1. The zero-order chi connectivity index (χ0) is 18.1. The molecular weight excluding hydrogens is 308 g/mol. The smallest absolute Gasteiger partial charge is 0.0677 e. The lowest BCUT2D eigenvalue weighted by Crippen LogP contribution is -2.13. The second kappa shape index (κ2) is 9.62. The summed E-state index contributed by atoms with van der Waals surface area (Å²) in [6.07, 6.45) is 2.84. The Morgan fingerprint density at radius 2 is 1.00 bits per heavy atom. The topological polar surface area (TPSA) is 31.2 Å². The molecule has 0 radical (unpaired) electrons. The van der Waals surface area contributed by atoms with E-state index in [1.807, 2.05) is 50.3 Å². The third kappa shape index (κ3) is 6.42. The quantitative estimate of drug-likeness (QED) is 0.537. The first-order chi connectivity index (χ1) is 12.1. The number of benzene rings is 2. The van der Waals surface area contributed by atoms with E-state index in [-0.39, 0.29) is 0 Å². The van der Waals surface area contributed by atoms with Crippen molar-refractivity contribution in [3.8, 4) is 0 Å². The maximum absolute atomic E-state index is 4.68. The molecule has 0 saturated heterocycles. The molecule has 25 heavy (non-hydrogen) atoms. The van der Waals surface area contributed by atoms with Crippen LogP contribution >= 0.6 is 0 Å². The molecular formula is C21H28N4. The third-order valence-corrected chi connectivity index (χ3v) is 3.68. The lowest BCUT2D eigenvalue weighted by atomic mass is 10.0. The molecule has 2 aromatic rings. The predicted molar refractivity (Wildman–Crippen MR) is 107 cm³/mol. The van der Waals surface area contributed by atoms with Crippen LogP contribution in [0.2, 0.25) is 0 Å². The Morgan fingerprint density at radius 1 is 0.640 bits per heavy atom. The van der Waals surface area contributed by atoms with Crippen LogP contribution in [0.1, 0.15) is 30.4 Å². The molecule has 0 amide bonds. The van der Waals surface area contributed by atoms with Gasteiger partial charge in [0.25, 0.3) is 0 Å². The lowest BCUT2D eigenvalue weighted by Gasteiger charge is -2.13. The summed E-state index contributed by atoms with van der Waals surface area (Å²) in [7, 11) is 7.86. The van der Waals surface area contributed by atoms with Crippen molar-refractivity contribution in [3.05, 3.63) is 71.8 Å². The van der Waals surface area contributed by atoms with Gasteiger partial charge in [0, 0.05) is 28.2 Å². The average molecular weight is 336 g/mol. The Kier molecular flexibility index (Phi) is 7.20. The van der Waals surface area contributed by atoms with E-state index in [1.165, 1.54) is 11.1 Å². The van der Waals surface area contributed by atoms with E-state index in [9.17, 15) is 0 Å². The van der Waals surface area contributed by atoms with Gasteiger partial charge in [-0.3, -0.25) is 0 Å². The minimum absolute atomic E-state index is 0.918. The van der Waals surface area contributed by atoms with Gasteiger partial charge in [-0.1, -0.05) is 60.7 Å². The molecule has 4 heteroatoms. The molecule has 4 nitrogen and oxygen atoms in total. The zero-order valence-corrected chi connectivity index (χ0v) is 15.7. The number of hydrazone groups is 2. The summed E-state index contributed by atoms with van der Waals surface area (Å²) in [4.78, 5) is 0. The minimum atomic E-state index is 0.918. The monoisotopic (exact) mass is 336 g/mol. The molecule has 0 saturated carbocycles. The van der Waals surface area contributed by atoms with Crippen LogP contribution in [0, 0.1) is 0 Å². The number of nitrogens with zero attached hydrogens (tertiary/aromatic N) is 4. The normalized spacial score (nSPS) is 12.2. The molecule has 0 spiro atoms. The van der Waals surface area contributed by atoms with Crippen LogP contribution in [0.4, 0.5) is 0 Å². The number of rotatable bonds is 8. The van der Waals surface area contributed by atoms with Gasteiger partial charge in [0.05, 0.1) is 11.4 Å². The Morgan fingerprint density at radius 3 is 1.32 bits per heavy atom. The highest BCUT2D eigenvalue weighted by atomic mass is 15.4. The van der Waals surface area contributed by atoms with Gasteiger partial charge in [-0.05, 0) is 30.4 Å². The zero-order valence-electron chi connectivity index (χ0n) is 15.7. The van der Waals surface area contributed by atoms with Crippen molar-refractivity contribution >= 4 is 11.4 Å². The van der Waals surface area contributed by atoms with E-state index >= 15 is 0 Å². The van der Waals surface area contributed by atoms with Gasteiger partial charge in [0.15, 0.2) is 0 Å². The molecule has 0 aliphatic carbocycles. The summed E-state index contributed by atoms with van der Waals surface area (Å²) in [6, 6.07) is 20.8. The highest BCUT2D eigenvalue weighted by Crippen LogP contribution is 2.13. The van der Waals surface area contributed by atoms with E-state index in [0.29, 0.717) is 0 Å². The van der Waals surface area contributed by atoms with Crippen LogP contribution in [0.3, 0.4) is 0 Å². The molecule has 2 aromatic carbocycles. The number of hydrogen-bond donors (Lipinski definition) is 0. The first-order valence-corrected chi connectivity index (χ1v) is 8.66. The molecule has 2 rings (SSSR count). The van der Waals surface area contributed by atoms with Crippen molar-refractivity contribution in [1.82, 2.24) is 10.0 Å². The van der Waals surface area contributed by atoms with Gasteiger partial charge in [-0.15, -0.1) is 0 Å². The Balaban J connectivity index is 2.09. The summed E-state index contributed by atoms with van der Waals surface area (Å²) in [5, 5.41) is 13.1. The van der Waals surface area contributed by atoms with Crippen LogP contribution < -0.4 is 0 Å². The van der Waals surface area contributed by atoms with Gasteiger partial charge in [0.1, 0.15) is 0 Å². The second-order valence-electron chi connectivity index (χ2n) is 6.37. The van der Waals surface area contributed by atoms with Crippen molar-refractivity contribution in [2.45, 2.75) is 19.3 Å². The van der Waals surface area contributed by atoms with Gasteiger partial charge in [-0.25, -0.2) is 0 Å².